The lowest BCUT2D eigenvalue weighted by Gasteiger charge is -2.25. The predicted molar refractivity (Wildman–Crippen MR) is 76.1 cm³/mol. The lowest BCUT2D eigenvalue weighted by Crippen LogP contribution is -2.34. The summed E-state index contributed by atoms with van der Waals surface area (Å²) >= 11 is 0. The molecule has 0 radical (unpaired) electrons. The van der Waals surface area contributed by atoms with Gasteiger partial charge in [0.2, 0.25) is 0 Å². The lowest BCUT2D eigenvalue weighted by molar-refractivity contribution is 0.393. The van der Waals surface area contributed by atoms with E-state index < -0.39 is 15.4 Å². The molecule has 1 unspecified atom stereocenters. The molecular formula is C14H21NO3S. The summed E-state index contributed by atoms with van der Waals surface area (Å²) in [5.41, 5.74) is 8.43. The second kappa shape index (κ2) is 5.13. The number of benzene rings is 1. The zero-order chi connectivity index (χ0) is 14.1. The first-order chi connectivity index (χ1) is 8.84. The van der Waals surface area contributed by atoms with Gasteiger partial charge in [-0.3, -0.25) is 0 Å². The van der Waals surface area contributed by atoms with E-state index in [2.05, 4.69) is 6.07 Å². The molecule has 0 amide bonds. The zero-order valence-electron chi connectivity index (χ0n) is 11.5. The van der Waals surface area contributed by atoms with Crippen LogP contribution in [-0.4, -0.2) is 27.5 Å². The van der Waals surface area contributed by atoms with Crippen LogP contribution in [0.5, 0.6) is 5.75 Å². The monoisotopic (exact) mass is 283 g/mol. The van der Waals surface area contributed by atoms with Crippen LogP contribution in [0.25, 0.3) is 0 Å². The Bertz CT molecular complexity index is 568. The third-order valence-electron chi connectivity index (χ3n) is 3.83. The Balaban J connectivity index is 2.14. The van der Waals surface area contributed by atoms with Crippen molar-refractivity contribution in [3.63, 3.8) is 0 Å². The van der Waals surface area contributed by atoms with Gasteiger partial charge in [0.05, 0.1) is 7.11 Å². The van der Waals surface area contributed by atoms with Gasteiger partial charge in [0.1, 0.15) is 15.6 Å². The van der Waals surface area contributed by atoms with Crippen LogP contribution in [-0.2, 0) is 21.8 Å². The molecule has 0 aromatic heterocycles. The summed E-state index contributed by atoms with van der Waals surface area (Å²) in [6.45, 7) is 0. The van der Waals surface area contributed by atoms with Crippen LogP contribution in [0.3, 0.4) is 0 Å². The molecule has 19 heavy (non-hydrogen) atoms. The maximum atomic E-state index is 11.2. The van der Waals surface area contributed by atoms with Gasteiger partial charge in [-0.15, -0.1) is 0 Å². The molecule has 1 aliphatic rings. The van der Waals surface area contributed by atoms with Crippen molar-refractivity contribution in [1.29, 1.82) is 0 Å². The molecule has 1 aromatic carbocycles. The molecule has 0 fully saturated rings. The van der Waals surface area contributed by atoms with Gasteiger partial charge >= 0.3 is 0 Å². The minimum atomic E-state index is -2.91. The van der Waals surface area contributed by atoms with Gasteiger partial charge in [-0.2, -0.15) is 0 Å². The van der Waals surface area contributed by atoms with Gasteiger partial charge in [0, 0.05) is 17.5 Å². The second-order valence-electron chi connectivity index (χ2n) is 5.41. The second-order valence-corrected chi connectivity index (χ2v) is 7.67. The molecule has 1 aromatic rings. The maximum absolute atomic E-state index is 11.2. The van der Waals surface area contributed by atoms with E-state index in [0.29, 0.717) is 12.8 Å². The van der Waals surface area contributed by atoms with Crippen LogP contribution in [0.2, 0.25) is 0 Å². The fourth-order valence-electron chi connectivity index (χ4n) is 2.77. The first kappa shape index (κ1) is 14.3. The predicted octanol–water partition coefficient (Wildman–Crippen LogP) is 1.62. The van der Waals surface area contributed by atoms with Gasteiger partial charge in [0.25, 0.3) is 0 Å². The number of hydrogen-bond acceptors (Lipinski definition) is 4. The fourth-order valence-corrected chi connectivity index (χ4v) is 3.43. The fraction of sp³-hybridized carbons (Fsp3) is 0.571. The van der Waals surface area contributed by atoms with Crippen LogP contribution in [0, 0.1) is 0 Å². The Morgan fingerprint density at radius 2 is 2.16 bits per heavy atom. The lowest BCUT2D eigenvalue weighted by atomic mass is 9.88. The number of methoxy groups -OCH3 is 1. The van der Waals surface area contributed by atoms with Crippen molar-refractivity contribution in [2.45, 2.75) is 31.2 Å². The largest absolute Gasteiger partial charge is 0.497 e. The summed E-state index contributed by atoms with van der Waals surface area (Å²) < 4.78 is 27.6. The average Bonchev–Trinajstić information content (AvgIpc) is 2.65. The zero-order valence-corrected chi connectivity index (χ0v) is 12.3. The molecule has 0 heterocycles. The van der Waals surface area contributed by atoms with E-state index in [1.165, 1.54) is 11.8 Å². The van der Waals surface area contributed by atoms with Crippen molar-refractivity contribution in [2.75, 3.05) is 19.1 Å². The van der Waals surface area contributed by atoms with E-state index in [9.17, 15) is 8.42 Å². The van der Waals surface area contributed by atoms with E-state index in [1.807, 2.05) is 12.1 Å². The average molecular weight is 283 g/mol. The molecule has 2 rings (SSSR count). The van der Waals surface area contributed by atoms with E-state index in [0.717, 1.165) is 24.2 Å². The normalized spacial score (nSPS) is 22.3. The number of fused-ring (bicyclic) bond motifs is 1. The highest BCUT2D eigenvalue weighted by molar-refractivity contribution is 7.90. The van der Waals surface area contributed by atoms with Crippen LogP contribution in [0.1, 0.15) is 30.4 Å². The van der Waals surface area contributed by atoms with Crippen molar-refractivity contribution in [3.8, 4) is 5.75 Å². The van der Waals surface area contributed by atoms with Crippen LogP contribution in [0.15, 0.2) is 18.2 Å². The van der Waals surface area contributed by atoms with Crippen molar-refractivity contribution < 1.29 is 13.2 Å². The van der Waals surface area contributed by atoms with Gasteiger partial charge in [-0.1, -0.05) is 6.07 Å². The summed E-state index contributed by atoms with van der Waals surface area (Å²) in [7, 11) is -1.28. The van der Waals surface area contributed by atoms with Crippen molar-refractivity contribution >= 4 is 9.84 Å². The van der Waals surface area contributed by atoms with E-state index >= 15 is 0 Å². The van der Waals surface area contributed by atoms with Crippen molar-refractivity contribution in [3.05, 3.63) is 29.3 Å². The Morgan fingerprint density at radius 1 is 1.42 bits per heavy atom. The Morgan fingerprint density at radius 3 is 2.79 bits per heavy atom. The highest BCUT2D eigenvalue weighted by Crippen LogP contribution is 2.39. The van der Waals surface area contributed by atoms with Gasteiger partial charge < -0.3 is 10.5 Å². The number of aryl methyl sites for hydroxylation is 1. The Kier molecular flexibility index (Phi) is 3.87. The van der Waals surface area contributed by atoms with Gasteiger partial charge in [-0.25, -0.2) is 8.42 Å². The number of hydrogen-bond donors (Lipinski definition) is 1. The first-order valence-electron chi connectivity index (χ1n) is 6.48. The van der Waals surface area contributed by atoms with E-state index in [4.69, 9.17) is 10.5 Å². The first-order valence-corrected chi connectivity index (χ1v) is 8.54. The maximum Gasteiger partial charge on any atom is 0.147 e. The molecule has 0 bridgehead atoms. The van der Waals surface area contributed by atoms with Crippen LogP contribution in [0.4, 0.5) is 0 Å². The van der Waals surface area contributed by atoms with Crippen molar-refractivity contribution in [2.24, 2.45) is 5.73 Å². The van der Waals surface area contributed by atoms with E-state index in [1.54, 1.807) is 7.11 Å². The summed E-state index contributed by atoms with van der Waals surface area (Å²) in [5, 5.41) is 0. The van der Waals surface area contributed by atoms with E-state index in [-0.39, 0.29) is 5.75 Å². The SMILES string of the molecule is COc1ccc2c(c1)C(N)(CCCS(C)(=O)=O)CC2. The number of sulfone groups is 1. The third kappa shape index (κ3) is 3.28. The quantitative estimate of drug-likeness (QED) is 0.891. The molecule has 0 spiro atoms. The molecule has 1 aliphatic carbocycles. The molecular weight excluding hydrogens is 262 g/mol. The third-order valence-corrected chi connectivity index (χ3v) is 4.86. The summed E-state index contributed by atoms with van der Waals surface area (Å²) in [4.78, 5) is 0. The minimum absolute atomic E-state index is 0.200. The summed E-state index contributed by atoms with van der Waals surface area (Å²) in [5.74, 6) is 1.00. The van der Waals surface area contributed by atoms with Crippen LogP contribution >= 0.6 is 0 Å². The van der Waals surface area contributed by atoms with Crippen molar-refractivity contribution in [1.82, 2.24) is 0 Å². The number of rotatable bonds is 5. The van der Waals surface area contributed by atoms with Crippen LogP contribution < -0.4 is 10.5 Å². The van der Waals surface area contributed by atoms with Gasteiger partial charge in [0.15, 0.2) is 0 Å². The highest BCUT2D eigenvalue weighted by Gasteiger charge is 2.34. The summed E-state index contributed by atoms with van der Waals surface area (Å²) in [6, 6.07) is 5.99. The highest BCUT2D eigenvalue weighted by atomic mass is 32.2. The summed E-state index contributed by atoms with van der Waals surface area (Å²) in [6.07, 6.45) is 4.39. The molecule has 0 aliphatic heterocycles. The standard InChI is InChI=1S/C14H21NO3S/c1-18-12-5-4-11-6-8-14(15,13(11)10-12)7-3-9-19(2,16)17/h4-5,10H,3,6-9,15H2,1-2H3. The molecule has 2 N–H and O–H groups in total. The molecule has 106 valence electrons. The number of nitrogens with two attached hydrogens (primary N) is 1. The van der Waals surface area contributed by atoms with Gasteiger partial charge in [-0.05, 0) is 48.9 Å². The number of ether oxygens (including phenoxy) is 1. The molecule has 0 saturated carbocycles. The Hall–Kier alpha value is -1.07. The Labute approximate surface area is 114 Å². The minimum Gasteiger partial charge on any atom is -0.497 e. The smallest absolute Gasteiger partial charge is 0.147 e. The molecule has 0 saturated heterocycles. The molecule has 5 heteroatoms. The molecule has 4 nitrogen and oxygen atoms in total. The molecule has 1 atom stereocenters. The topological polar surface area (TPSA) is 69.4 Å².